The van der Waals surface area contributed by atoms with Crippen molar-refractivity contribution < 1.29 is 14.3 Å². The summed E-state index contributed by atoms with van der Waals surface area (Å²) in [5.41, 5.74) is 0.749. The van der Waals surface area contributed by atoms with Crippen LogP contribution in [0.4, 0.5) is 0 Å². The third kappa shape index (κ3) is 4.08. The van der Waals surface area contributed by atoms with E-state index in [2.05, 4.69) is 10.2 Å². The smallest absolute Gasteiger partial charge is 0.309 e. The second kappa shape index (κ2) is 9.17. The zero-order valence-electron chi connectivity index (χ0n) is 17.9. The molecule has 4 heterocycles. The maximum atomic E-state index is 12.8. The second-order valence-corrected chi connectivity index (χ2v) is 8.67. The highest BCUT2D eigenvalue weighted by Gasteiger charge is 2.28. The van der Waals surface area contributed by atoms with Crippen molar-refractivity contribution in [3.8, 4) is 0 Å². The summed E-state index contributed by atoms with van der Waals surface area (Å²) in [7, 11) is 0. The van der Waals surface area contributed by atoms with Crippen molar-refractivity contribution in [3.05, 3.63) is 27.6 Å². The van der Waals surface area contributed by atoms with E-state index in [1.54, 1.807) is 11.5 Å². The zero-order chi connectivity index (χ0) is 22.0. The molecule has 0 aromatic carbocycles. The van der Waals surface area contributed by atoms with Crippen molar-refractivity contribution in [2.75, 3.05) is 19.7 Å². The van der Waals surface area contributed by atoms with Gasteiger partial charge in [0, 0.05) is 32.5 Å². The van der Waals surface area contributed by atoms with Crippen LogP contribution < -0.4 is 5.56 Å². The lowest BCUT2D eigenvalue weighted by atomic mass is 9.96. The summed E-state index contributed by atoms with van der Waals surface area (Å²) in [4.78, 5) is 39.3. The third-order valence-corrected chi connectivity index (χ3v) is 6.65. The first-order valence-corrected chi connectivity index (χ1v) is 11.7. The van der Waals surface area contributed by atoms with Crippen LogP contribution in [0.25, 0.3) is 16.0 Å². The lowest BCUT2D eigenvalue weighted by Crippen LogP contribution is -2.40. The Kier molecular flexibility index (Phi) is 6.35. The Hall–Kier alpha value is -2.75. The van der Waals surface area contributed by atoms with E-state index in [0.29, 0.717) is 68.2 Å². The molecule has 10 heteroatoms. The van der Waals surface area contributed by atoms with E-state index in [-0.39, 0.29) is 23.4 Å². The van der Waals surface area contributed by atoms with Crippen LogP contribution in [0.5, 0.6) is 0 Å². The molecule has 0 N–H and O–H groups in total. The van der Waals surface area contributed by atoms with E-state index >= 15 is 0 Å². The van der Waals surface area contributed by atoms with Crippen LogP contribution in [0.1, 0.15) is 45.4 Å². The van der Waals surface area contributed by atoms with Gasteiger partial charge in [-0.15, -0.1) is 21.5 Å². The van der Waals surface area contributed by atoms with Gasteiger partial charge in [0.15, 0.2) is 0 Å². The van der Waals surface area contributed by atoms with Gasteiger partial charge >= 0.3 is 5.97 Å². The van der Waals surface area contributed by atoms with Gasteiger partial charge in [-0.2, -0.15) is 0 Å². The number of fused-ring (bicyclic) bond motifs is 3. The highest BCUT2D eigenvalue weighted by molar-refractivity contribution is 7.17. The SMILES string of the molecule is CCCn1c(=O)c2sccc2n2c(CCC(=O)N3CCC(C(=O)OCC)CC3)nnc12. The molecule has 0 radical (unpaired) electrons. The number of piperidine rings is 1. The minimum atomic E-state index is -0.164. The molecular formula is C21H27N5O4S. The monoisotopic (exact) mass is 445 g/mol. The minimum absolute atomic E-state index is 0.0427. The fourth-order valence-corrected chi connectivity index (χ4v) is 4.99. The van der Waals surface area contributed by atoms with E-state index < -0.39 is 0 Å². The van der Waals surface area contributed by atoms with Gasteiger partial charge in [0.05, 0.1) is 18.0 Å². The number of hydrogen-bond acceptors (Lipinski definition) is 7. The Morgan fingerprint density at radius 1 is 1.23 bits per heavy atom. The Labute approximate surface area is 183 Å². The summed E-state index contributed by atoms with van der Waals surface area (Å²) in [5, 5.41) is 10.5. The van der Waals surface area contributed by atoms with Crippen molar-refractivity contribution in [2.24, 2.45) is 5.92 Å². The lowest BCUT2D eigenvalue weighted by Gasteiger charge is -2.30. The fourth-order valence-electron chi connectivity index (χ4n) is 4.17. The molecule has 31 heavy (non-hydrogen) atoms. The van der Waals surface area contributed by atoms with Crippen LogP contribution in [-0.2, 0) is 27.3 Å². The first kappa shape index (κ1) is 21.5. The van der Waals surface area contributed by atoms with Crippen LogP contribution in [0.3, 0.4) is 0 Å². The van der Waals surface area contributed by atoms with Crippen LogP contribution in [0.15, 0.2) is 16.2 Å². The first-order valence-electron chi connectivity index (χ1n) is 10.8. The molecule has 1 amide bonds. The molecule has 1 aliphatic heterocycles. The molecular weight excluding hydrogens is 418 g/mol. The predicted molar refractivity (Wildman–Crippen MR) is 117 cm³/mol. The van der Waals surface area contributed by atoms with Crippen molar-refractivity contribution in [1.29, 1.82) is 0 Å². The summed E-state index contributed by atoms with van der Waals surface area (Å²) in [5.74, 6) is 0.963. The van der Waals surface area contributed by atoms with E-state index in [4.69, 9.17) is 4.74 Å². The first-order chi connectivity index (χ1) is 15.0. The standard InChI is InChI=1S/C21H27N5O4S/c1-3-10-25-19(28)18-15(9-13-31-18)26-16(22-23-21(25)26)5-6-17(27)24-11-7-14(8-12-24)20(29)30-4-2/h9,13-14H,3-8,10-12H2,1-2H3. The number of ether oxygens (including phenoxy) is 1. The molecule has 1 saturated heterocycles. The van der Waals surface area contributed by atoms with Gasteiger partial charge in [0.1, 0.15) is 10.5 Å². The van der Waals surface area contributed by atoms with Gasteiger partial charge in [0.25, 0.3) is 5.56 Å². The number of carbonyl (C=O) groups is 2. The number of amides is 1. The molecule has 1 fully saturated rings. The van der Waals surface area contributed by atoms with E-state index in [1.807, 2.05) is 27.7 Å². The molecule has 9 nitrogen and oxygen atoms in total. The molecule has 0 atom stereocenters. The molecule has 1 aliphatic rings. The Bertz CT molecular complexity index is 1160. The van der Waals surface area contributed by atoms with Gasteiger partial charge in [-0.3, -0.25) is 23.4 Å². The number of rotatable bonds is 7. The Balaban J connectivity index is 1.48. The maximum Gasteiger partial charge on any atom is 0.309 e. The number of nitrogens with zero attached hydrogens (tertiary/aromatic N) is 5. The topological polar surface area (TPSA) is 98.8 Å². The number of likely N-dealkylation sites (tertiary alicyclic amines) is 1. The lowest BCUT2D eigenvalue weighted by molar-refractivity contribution is -0.151. The summed E-state index contributed by atoms with van der Waals surface area (Å²) in [6.07, 6.45) is 2.83. The van der Waals surface area contributed by atoms with Gasteiger partial charge in [-0.1, -0.05) is 6.92 Å². The summed E-state index contributed by atoms with van der Waals surface area (Å²) >= 11 is 1.41. The van der Waals surface area contributed by atoms with Gasteiger partial charge in [-0.05, 0) is 37.6 Å². The van der Waals surface area contributed by atoms with E-state index in [9.17, 15) is 14.4 Å². The molecule has 3 aromatic heterocycles. The molecule has 0 saturated carbocycles. The van der Waals surface area contributed by atoms with Crippen molar-refractivity contribution in [3.63, 3.8) is 0 Å². The molecule has 0 bridgehead atoms. The predicted octanol–water partition coefficient (Wildman–Crippen LogP) is 2.25. The van der Waals surface area contributed by atoms with Crippen molar-refractivity contribution >= 4 is 39.2 Å². The average Bonchev–Trinajstić information content (AvgIpc) is 3.42. The number of esters is 1. The number of aryl methyl sites for hydroxylation is 2. The van der Waals surface area contributed by atoms with Gasteiger partial charge < -0.3 is 9.64 Å². The highest BCUT2D eigenvalue weighted by Crippen LogP contribution is 2.22. The molecule has 3 aromatic rings. The normalized spacial score (nSPS) is 15.1. The van der Waals surface area contributed by atoms with Crippen LogP contribution in [0.2, 0.25) is 0 Å². The molecule has 0 aliphatic carbocycles. The van der Waals surface area contributed by atoms with Gasteiger partial charge in [0.2, 0.25) is 11.7 Å². The zero-order valence-corrected chi connectivity index (χ0v) is 18.7. The molecule has 4 rings (SSSR count). The number of aromatic nitrogens is 4. The quantitative estimate of drug-likeness (QED) is 0.517. The average molecular weight is 446 g/mol. The fraction of sp³-hybridized carbons (Fsp3) is 0.571. The maximum absolute atomic E-state index is 12.8. The summed E-state index contributed by atoms with van der Waals surface area (Å²) in [6, 6.07) is 1.90. The van der Waals surface area contributed by atoms with E-state index in [0.717, 1.165) is 11.9 Å². The highest BCUT2D eigenvalue weighted by atomic mass is 32.1. The molecule has 166 valence electrons. The molecule has 0 unspecified atom stereocenters. The Morgan fingerprint density at radius 2 is 2.00 bits per heavy atom. The number of hydrogen-bond donors (Lipinski definition) is 0. The van der Waals surface area contributed by atoms with Crippen LogP contribution >= 0.6 is 11.3 Å². The summed E-state index contributed by atoms with van der Waals surface area (Å²) in [6.45, 7) is 5.90. The van der Waals surface area contributed by atoms with Crippen molar-refractivity contribution in [2.45, 2.75) is 52.5 Å². The third-order valence-electron chi connectivity index (χ3n) is 5.76. The minimum Gasteiger partial charge on any atom is -0.466 e. The van der Waals surface area contributed by atoms with Crippen LogP contribution in [0, 0.1) is 5.92 Å². The number of carbonyl (C=O) groups excluding carboxylic acids is 2. The van der Waals surface area contributed by atoms with E-state index in [1.165, 1.54) is 11.3 Å². The second-order valence-electron chi connectivity index (χ2n) is 7.75. The van der Waals surface area contributed by atoms with Crippen LogP contribution in [-0.4, -0.2) is 55.6 Å². The largest absolute Gasteiger partial charge is 0.466 e. The van der Waals surface area contributed by atoms with Crippen molar-refractivity contribution in [1.82, 2.24) is 24.1 Å². The number of thiophene rings is 1. The molecule has 0 spiro atoms. The Morgan fingerprint density at radius 3 is 2.71 bits per heavy atom. The van der Waals surface area contributed by atoms with Gasteiger partial charge in [-0.25, -0.2) is 0 Å². The summed E-state index contributed by atoms with van der Waals surface area (Å²) < 4.78 is 9.34.